The summed E-state index contributed by atoms with van der Waals surface area (Å²) in [6, 6.07) is 3.76. The number of amides is 1. The second-order valence-electron chi connectivity index (χ2n) is 5.08. The number of aryl methyl sites for hydroxylation is 1. The number of hydrogen-bond donors (Lipinski definition) is 1. The van der Waals surface area contributed by atoms with Crippen LogP contribution in [0.25, 0.3) is 11.4 Å². The molecule has 0 aliphatic rings. The molecule has 0 atom stereocenters. The maximum atomic E-state index is 12.1. The Labute approximate surface area is 153 Å². The molecule has 0 bridgehead atoms. The number of hydrogen-bond acceptors (Lipinski definition) is 7. The molecule has 0 saturated heterocycles. The van der Waals surface area contributed by atoms with Crippen LogP contribution in [0.3, 0.4) is 0 Å². The van der Waals surface area contributed by atoms with Gasteiger partial charge in [0.2, 0.25) is 5.91 Å². The second kappa shape index (κ2) is 8.04. The number of carbonyl (C=O) groups excluding carboxylic acids is 1. The Kier molecular flexibility index (Phi) is 5.56. The molecule has 3 rings (SSSR count). The minimum atomic E-state index is -0.129. The fourth-order valence-corrected chi connectivity index (χ4v) is 3.55. The van der Waals surface area contributed by atoms with Crippen molar-refractivity contribution in [3.05, 3.63) is 48.3 Å². The standard InChI is InChI=1S/C16H16N6OS2/c1-3-7-22-14(12-5-4-6-17-8-12)20-21-16(22)25-10-13(23)19-15-18-11(2)9-24-15/h3-6,8-9H,1,7,10H2,2H3,(H,18,19,23). The Morgan fingerprint density at radius 2 is 2.36 bits per heavy atom. The summed E-state index contributed by atoms with van der Waals surface area (Å²) in [5.41, 5.74) is 1.76. The van der Waals surface area contributed by atoms with E-state index in [1.54, 1.807) is 18.5 Å². The fourth-order valence-electron chi connectivity index (χ4n) is 2.09. The van der Waals surface area contributed by atoms with Crippen molar-refractivity contribution in [3.63, 3.8) is 0 Å². The summed E-state index contributed by atoms with van der Waals surface area (Å²) < 4.78 is 1.91. The van der Waals surface area contributed by atoms with E-state index in [1.807, 2.05) is 29.0 Å². The van der Waals surface area contributed by atoms with Crippen LogP contribution < -0.4 is 5.32 Å². The molecule has 1 N–H and O–H groups in total. The van der Waals surface area contributed by atoms with Crippen LogP contribution >= 0.6 is 23.1 Å². The summed E-state index contributed by atoms with van der Waals surface area (Å²) in [5.74, 6) is 0.794. The van der Waals surface area contributed by atoms with E-state index in [-0.39, 0.29) is 11.7 Å². The number of thioether (sulfide) groups is 1. The summed E-state index contributed by atoms with van der Waals surface area (Å²) in [6.07, 6.45) is 5.21. The van der Waals surface area contributed by atoms with E-state index < -0.39 is 0 Å². The molecule has 9 heteroatoms. The molecule has 0 aliphatic heterocycles. The molecule has 0 spiro atoms. The lowest BCUT2D eigenvalue weighted by Crippen LogP contribution is -2.14. The highest BCUT2D eigenvalue weighted by molar-refractivity contribution is 7.99. The van der Waals surface area contributed by atoms with Gasteiger partial charge < -0.3 is 5.32 Å². The third kappa shape index (κ3) is 4.31. The van der Waals surface area contributed by atoms with Crippen LogP contribution in [-0.4, -0.2) is 36.4 Å². The van der Waals surface area contributed by atoms with Crippen molar-refractivity contribution in [3.8, 4) is 11.4 Å². The minimum absolute atomic E-state index is 0.129. The van der Waals surface area contributed by atoms with Gasteiger partial charge in [0, 0.05) is 29.9 Å². The van der Waals surface area contributed by atoms with Crippen LogP contribution in [0.2, 0.25) is 0 Å². The lowest BCUT2D eigenvalue weighted by atomic mass is 10.3. The zero-order valence-corrected chi connectivity index (χ0v) is 15.2. The number of anilines is 1. The van der Waals surface area contributed by atoms with Crippen LogP contribution in [0.1, 0.15) is 5.69 Å². The monoisotopic (exact) mass is 372 g/mol. The van der Waals surface area contributed by atoms with Crippen molar-refractivity contribution < 1.29 is 4.79 Å². The largest absolute Gasteiger partial charge is 0.301 e. The van der Waals surface area contributed by atoms with Gasteiger partial charge in [0.25, 0.3) is 0 Å². The van der Waals surface area contributed by atoms with Gasteiger partial charge in [-0.3, -0.25) is 14.3 Å². The van der Waals surface area contributed by atoms with E-state index in [2.05, 4.69) is 32.1 Å². The van der Waals surface area contributed by atoms with Crippen LogP contribution in [0, 0.1) is 6.92 Å². The van der Waals surface area contributed by atoms with Crippen molar-refractivity contribution in [1.82, 2.24) is 24.7 Å². The van der Waals surface area contributed by atoms with E-state index in [4.69, 9.17) is 0 Å². The molecule has 25 heavy (non-hydrogen) atoms. The maximum Gasteiger partial charge on any atom is 0.236 e. The average molecular weight is 372 g/mol. The Hall–Kier alpha value is -2.52. The molecule has 3 aromatic heterocycles. The van der Waals surface area contributed by atoms with E-state index in [0.29, 0.717) is 22.7 Å². The molecule has 7 nitrogen and oxygen atoms in total. The highest BCUT2D eigenvalue weighted by Gasteiger charge is 2.15. The van der Waals surface area contributed by atoms with Crippen molar-refractivity contribution >= 4 is 34.1 Å². The average Bonchev–Trinajstić information content (AvgIpc) is 3.20. The van der Waals surface area contributed by atoms with Gasteiger partial charge in [0.05, 0.1) is 11.4 Å². The number of allylic oxidation sites excluding steroid dienone is 1. The maximum absolute atomic E-state index is 12.1. The Morgan fingerprint density at radius 1 is 1.48 bits per heavy atom. The van der Waals surface area contributed by atoms with E-state index in [1.165, 1.54) is 23.1 Å². The molecule has 1 amide bonds. The first kappa shape index (κ1) is 17.3. The van der Waals surface area contributed by atoms with E-state index in [9.17, 15) is 4.79 Å². The molecule has 0 fully saturated rings. The molecule has 0 aliphatic carbocycles. The highest BCUT2D eigenvalue weighted by Crippen LogP contribution is 2.24. The second-order valence-corrected chi connectivity index (χ2v) is 6.88. The van der Waals surface area contributed by atoms with Gasteiger partial charge >= 0.3 is 0 Å². The lowest BCUT2D eigenvalue weighted by molar-refractivity contribution is -0.113. The normalized spacial score (nSPS) is 10.6. The number of thiazole rings is 1. The zero-order valence-electron chi connectivity index (χ0n) is 13.5. The molecule has 3 aromatic rings. The van der Waals surface area contributed by atoms with Gasteiger partial charge in [-0.1, -0.05) is 17.8 Å². The highest BCUT2D eigenvalue weighted by atomic mass is 32.2. The Bertz CT molecular complexity index is 874. The third-order valence-corrected chi connectivity index (χ3v) is 4.99. The first-order valence-corrected chi connectivity index (χ1v) is 9.33. The lowest BCUT2D eigenvalue weighted by Gasteiger charge is -2.07. The Balaban J connectivity index is 1.70. The predicted molar refractivity (Wildman–Crippen MR) is 99.7 cm³/mol. The number of nitrogens with one attached hydrogen (secondary N) is 1. The van der Waals surface area contributed by atoms with Crippen LogP contribution in [-0.2, 0) is 11.3 Å². The summed E-state index contributed by atoms with van der Waals surface area (Å²) in [4.78, 5) is 20.4. The number of nitrogens with zero attached hydrogens (tertiary/aromatic N) is 5. The molecule has 3 heterocycles. The van der Waals surface area contributed by atoms with Crippen molar-refractivity contribution in [2.24, 2.45) is 0 Å². The topological polar surface area (TPSA) is 85.6 Å². The summed E-state index contributed by atoms with van der Waals surface area (Å²) in [6.45, 7) is 6.21. The molecular weight excluding hydrogens is 356 g/mol. The van der Waals surface area contributed by atoms with Gasteiger partial charge in [-0.15, -0.1) is 28.1 Å². The first-order valence-electron chi connectivity index (χ1n) is 7.46. The fraction of sp³-hybridized carbons (Fsp3) is 0.188. The smallest absolute Gasteiger partial charge is 0.236 e. The molecule has 0 saturated carbocycles. The molecule has 0 unspecified atom stereocenters. The summed E-state index contributed by atoms with van der Waals surface area (Å²) in [5, 5.41) is 14.4. The van der Waals surface area contributed by atoms with Crippen LogP contribution in [0.15, 0.2) is 47.7 Å². The molecule has 0 radical (unpaired) electrons. The van der Waals surface area contributed by atoms with Crippen molar-refractivity contribution in [1.29, 1.82) is 0 Å². The van der Waals surface area contributed by atoms with Gasteiger partial charge in [-0.2, -0.15) is 0 Å². The first-order chi connectivity index (χ1) is 12.2. The quantitative estimate of drug-likeness (QED) is 0.507. The van der Waals surface area contributed by atoms with Crippen molar-refractivity contribution in [2.45, 2.75) is 18.6 Å². The van der Waals surface area contributed by atoms with Crippen molar-refractivity contribution in [2.75, 3.05) is 11.1 Å². The Morgan fingerprint density at radius 3 is 3.04 bits per heavy atom. The van der Waals surface area contributed by atoms with E-state index in [0.717, 1.165) is 11.3 Å². The molecule has 0 aromatic carbocycles. The third-order valence-electron chi connectivity index (χ3n) is 3.15. The van der Waals surface area contributed by atoms with Gasteiger partial charge in [0.1, 0.15) is 0 Å². The zero-order chi connectivity index (χ0) is 17.6. The predicted octanol–water partition coefficient (Wildman–Crippen LogP) is 3.02. The van der Waals surface area contributed by atoms with E-state index >= 15 is 0 Å². The molecule has 128 valence electrons. The van der Waals surface area contributed by atoms with Gasteiger partial charge in [-0.25, -0.2) is 4.98 Å². The number of rotatable bonds is 7. The van der Waals surface area contributed by atoms with Crippen LogP contribution in [0.4, 0.5) is 5.13 Å². The number of carbonyl (C=O) groups is 1. The minimum Gasteiger partial charge on any atom is -0.301 e. The number of pyridine rings is 1. The SMILES string of the molecule is C=CCn1c(SCC(=O)Nc2nc(C)cs2)nnc1-c1cccnc1. The number of aromatic nitrogens is 5. The summed E-state index contributed by atoms with van der Waals surface area (Å²) >= 11 is 2.73. The van der Waals surface area contributed by atoms with Crippen LogP contribution in [0.5, 0.6) is 0 Å². The summed E-state index contributed by atoms with van der Waals surface area (Å²) in [7, 11) is 0. The van der Waals surface area contributed by atoms with Gasteiger partial charge in [-0.05, 0) is 19.1 Å². The van der Waals surface area contributed by atoms with Gasteiger partial charge in [0.15, 0.2) is 16.1 Å². The molecular formula is C16H16N6OS2.